The van der Waals surface area contributed by atoms with Gasteiger partial charge in [0.2, 0.25) is 0 Å². The number of alkyl halides is 3. The first-order valence-electron chi connectivity index (χ1n) is 8.98. The van der Waals surface area contributed by atoms with Gasteiger partial charge in [-0.05, 0) is 37.8 Å². The van der Waals surface area contributed by atoms with Crippen molar-refractivity contribution >= 4 is 5.78 Å². The maximum Gasteiger partial charge on any atom is 0.389 e. The van der Waals surface area contributed by atoms with Gasteiger partial charge in [0.05, 0.1) is 18.3 Å². The van der Waals surface area contributed by atoms with Crippen LogP contribution in [0.1, 0.15) is 61.9 Å². The second-order valence-corrected chi connectivity index (χ2v) is 6.94. The molecule has 4 nitrogen and oxygen atoms in total. The number of carbonyl (C=O) groups excluding carboxylic acids is 1. The van der Waals surface area contributed by atoms with Gasteiger partial charge in [-0.3, -0.25) is 4.79 Å². The SMILES string of the molecule is CC(=O)c1ccc(OCCC=C[C@H]2O[C@@H]2CCC(F)(F)F)c(C(C)C)c1O. The second kappa shape index (κ2) is 8.78. The highest BCUT2D eigenvalue weighted by atomic mass is 19.4. The third-order valence-electron chi connectivity index (χ3n) is 4.34. The van der Waals surface area contributed by atoms with Crippen LogP contribution in [0.25, 0.3) is 0 Å². The maximum atomic E-state index is 12.1. The highest BCUT2D eigenvalue weighted by Gasteiger charge is 2.39. The molecule has 0 aromatic heterocycles. The number of aromatic hydroxyl groups is 1. The number of hydrogen-bond acceptors (Lipinski definition) is 4. The van der Waals surface area contributed by atoms with Crippen LogP contribution in [0.5, 0.6) is 11.5 Å². The Balaban J connectivity index is 1.82. The van der Waals surface area contributed by atoms with Gasteiger partial charge in [-0.25, -0.2) is 0 Å². The molecule has 0 unspecified atom stereocenters. The van der Waals surface area contributed by atoms with Crippen molar-refractivity contribution in [3.63, 3.8) is 0 Å². The Morgan fingerprint density at radius 3 is 2.67 bits per heavy atom. The van der Waals surface area contributed by atoms with Crippen LogP contribution in [0.2, 0.25) is 0 Å². The summed E-state index contributed by atoms with van der Waals surface area (Å²) in [7, 11) is 0. The van der Waals surface area contributed by atoms with E-state index in [0.29, 0.717) is 24.3 Å². The van der Waals surface area contributed by atoms with Gasteiger partial charge >= 0.3 is 6.18 Å². The fourth-order valence-electron chi connectivity index (χ4n) is 2.89. The molecule has 1 fully saturated rings. The summed E-state index contributed by atoms with van der Waals surface area (Å²) in [6, 6.07) is 3.21. The lowest BCUT2D eigenvalue weighted by atomic mass is 9.96. The number of ether oxygens (including phenoxy) is 2. The van der Waals surface area contributed by atoms with Gasteiger partial charge in [0.25, 0.3) is 0 Å². The van der Waals surface area contributed by atoms with E-state index in [9.17, 15) is 23.1 Å². The van der Waals surface area contributed by atoms with Gasteiger partial charge in [-0.1, -0.05) is 26.0 Å². The highest BCUT2D eigenvalue weighted by Crippen LogP contribution is 2.37. The molecule has 0 bridgehead atoms. The van der Waals surface area contributed by atoms with Crippen molar-refractivity contribution in [1.82, 2.24) is 0 Å². The van der Waals surface area contributed by atoms with E-state index in [1.165, 1.54) is 13.0 Å². The van der Waals surface area contributed by atoms with Crippen molar-refractivity contribution in [2.45, 2.75) is 64.3 Å². The van der Waals surface area contributed by atoms with Gasteiger partial charge in [0.1, 0.15) is 17.6 Å². The second-order valence-electron chi connectivity index (χ2n) is 6.94. The van der Waals surface area contributed by atoms with E-state index in [-0.39, 0.29) is 41.6 Å². The lowest BCUT2D eigenvalue weighted by molar-refractivity contribution is -0.136. The summed E-state index contributed by atoms with van der Waals surface area (Å²) in [6.45, 7) is 5.54. The van der Waals surface area contributed by atoms with Gasteiger partial charge in [-0.15, -0.1) is 0 Å². The van der Waals surface area contributed by atoms with E-state index >= 15 is 0 Å². The number of carbonyl (C=O) groups is 1. The zero-order valence-electron chi connectivity index (χ0n) is 15.7. The van der Waals surface area contributed by atoms with Crippen LogP contribution in [-0.4, -0.2) is 35.9 Å². The first-order chi connectivity index (χ1) is 12.6. The van der Waals surface area contributed by atoms with E-state index in [1.54, 1.807) is 12.1 Å². The Bertz CT molecular complexity index is 695. The topological polar surface area (TPSA) is 59.1 Å². The largest absolute Gasteiger partial charge is 0.507 e. The molecule has 27 heavy (non-hydrogen) atoms. The number of Topliss-reactive ketones (excluding diaryl/α,β-unsaturated/α-hetero) is 1. The first kappa shape index (κ1) is 21.3. The molecule has 150 valence electrons. The van der Waals surface area contributed by atoms with Crippen molar-refractivity contribution in [3.8, 4) is 11.5 Å². The quantitative estimate of drug-likeness (QED) is 0.276. The van der Waals surface area contributed by atoms with Crippen LogP contribution in [0, 0.1) is 0 Å². The Hall–Kier alpha value is -2.02. The van der Waals surface area contributed by atoms with Crippen molar-refractivity contribution in [2.24, 2.45) is 0 Å². The number of phenols is 1. The number of phenolic OH excluding ortho intramolecular Hbond substituents is 1. The van der Waals surface area contributed by atoms with Crippen LogP contribution < -0.4 is 4.74 Å². The molecule has 1 aromatic rings. The number of epoxide rings is 1. The maximum absolute atomic E-state index is 12.1. The lowest BCUT2D eigenvalue weighted by Crippen LogP contribution is -2.08. The van der Waals surface area contributed by atoms with E-state index in [4.69, 9.17) is 9.47 Å². The normalized spacial score (nSPS) is 19.7. The van der Waals surface area contributed by atoms with Crippen molar-refractivity contribution < 1.29 is 32.5 Å². The number of hydrogen-bond donors (Lipinski definition) is 1. The molecule has 2 rings (SSSR count). The van der Waals surface area contributed by atoms with Crippen LogP contribution >= 0.6 is 0 Å². The monoisotopic (exact) mass is 386 g/mol. The average molecular weight is 386 g/mol. The molecule has 1 aromatic carbocycles. The third-order valence-corrected chi connectivity index (χ3v) is 4.34. The van der Waals surface area contributed by atoms with Crippen molar-refractivity contribution in [2.75, 3.05) is 6.61 Å². The minimum Gasteiger partial charge on any atom is -0.507 e. The van der Waals surface area contributed by atoms with Gasteiger partial charge in [-0.2, -0.15) is 13.2 Å². The summed E-state index contributed by atoms with van der Waals surface area (Å²) in [5.41, 5.74) is 0.853. The number of ketones is 1. The van der Waals surface area contributed by atoms with E-state index in [2.05, 4.69) is 0 Å². The van der Waals surface area contributed by atoms with Crippen molar-refractivity contribution in [1.29, 1.82) is 0 Å². The molecule has 0 spiro atoms. The molecule has 1 heterocycles. The van der Waals surface area contributed by atoms with Crippen LogP contribution in [0.3, 0.4) is 0 Å². The molecule has 0 amide bonds. The zero-order chi connectivity index (χ0) is 20.2. The minimum atomic E-state index is -4.15. The fourth-order valence-corrected chi connectivity index (χ4v) is 2.89. The zero-order valence-corrected chi connectivity index (χ0v) is 15.7. The first-order valence-corrected chi connectivity index (χ1v) is 8.98. The summed E-state index contributed by atoms with van der Waals surface area (Å²) in [5.74, 6) is 0.230. The Morgan fingerprint density at radius 1 is 1.37 bits per heavy atom. The number of benzene rings is 1. The number of halogens is 3. The summed E-state index contributed by atoms with van der Waals surface area (Å²) in [6.07, 6.45) is -1.48. The fraction of sp³-hybridized carbons (Fsp3) is 0.550. The van der Waals surface area contributed by atoms with Gasteiger partial charge < -0.3 is 14.6 Å². The van der Waals surface area contributed by atoms with E-state index in [1.807, 2.05) is 19.9 Å². The molecule has 1 aliphatic rings. The summed E-state index contributed by atoms with van der Waals surface area (Å²) < 4.78 is 47.3. The molecule has 0 radical (unpaired) electrons. The van der Waals surface area contributed by atoms with Crippen LogP contribution in [0.15, 0.2) is 24.3 Å². The van der Waals surface area contributed by atoms with Gasteiger partial charge in [0.15, 0.2) is 5.78 Å². The summed E-state index contributed by atoms with van der Waals surface area (Å²) in [5, 5.41) is 10.3. The average Bonchev–Trinajstić information content (AvgIpc) is 3.29. The Labute approximate surface area is 157 Å². The smallest absolute Gasteiger partial charge is 0.389 e. The minimum absolute atomic E-state index is 0.0193. The van der Waals surface area contributed by atoms with E-state index < -0.39 is 12.6 Å². The molecule has 7 heteroatoms. The van der Waals surface area contributed by atoms with E-state index in [0.717, 1.165) is 0 Å². The molecule has 2 atom stereocenters. The molecular weight excluding hydrogens is 361 g/mol. The molecular formula is C20H25F3O4. The predicted molar refractivity (Wildman–Crippen MR) is 95.4 cm³/mol. The predicted octanol–water partition coefficient (Wildman–Crippen LogP) is 5.15. The Morgan fingerprint density at radius 2 is 2.07 bits per heavy atom. The number of rotatable bonds is 9. The molecule has 1 N–H and O–H groups in total. The van der Waals surface area contributed by atoms with Crippen LogP contribution in [0.4, 0.5) is 13.2 Å². The van der Waals surface area contributed by atoms with Crippen LogP contribution in [-0.2, 0) is 4.74 Å². The molecule has 0 saturated carbocycles. The summed E-state index contributed by atoms with van der Waals surface area (Å²) >= 11 is 0. The van der Waals surface area contributed by atoms with Crippen molar-refractivity contribution in [3.05, 3.63) is 35.4 Å². The molecule has 1 aliphatic heterocycles. The molecule has 0 aliphatic carbocycles. The highest BCUT2D eigenvalue weighted by molar-refractivity contribution is 5.97. The standard InChI is InChI=1S/C20H25F3O4/c1-12(2)18-17(8-7-14(13(3)24)19(18)25)26-11-5-4-6-15-16(27-15)9-10-20(21,22)23/h4,6-8,12,15-16,25H,5,9-11H2,1-3H3/t15-,16-/m1/s1. The molecule has 1 saturated heterocycles. The summed E-state index contributed by atoms with van der Waals surface area (Å²) in [4.78, 5) is 11.6. The van der Waals surface area contributed by atoms with Gasteiger partial charge in [0, 0.05) is 12.0 Å². The Kier molecular flexibility index (Phi) is 6.92. The third kappa shape index (κ3) is 6.27. The lowest BCUT2D eigenvalue weighted by Gasteiger charge is -2.17.